The maximum atomic E-state index is 10.5. The Kier molecular flexibility index (Phi) is 4.71. The normalized spacial score (nSPS) is 13.8. The summed E-state index contributed by atoms with van der Waals surface area (Å²) in [7, 11) is 0. The molecule has 0 radical (unpaired) electrons. The van der Waals surface area contributed by atoms with Crippen LogP contribution in [-0.2, 0) is 0 Å². The number of pyridine rings is 1. The van der Waals surface area contributed by atoms with Crippen LogP contribution in [0.15, 0.2) is 77.2 Å². The lowest BCUT2D eigenvalue weighted by Crippen LogP contribution is -2.08. The molecule has 0 spiro atoms. The number of hydrogen-bond donors (Lipinski definition) is 2. The summed E-state index contributed by atoms with van der Waals surface area (Å²) in [6, 6.07) is 16.2. The Morgan fingerprint density at radius 1 is 0.935 bits per heavy atom. The highest BCUT2D eigenvalue weighted by Crippen LogP contribution is 2.30. The van der Waals surface area contributed by atoms with Crippen molar-refractivity contribution in [2.24, 2.45) is 10.2 Å². The number of hydrogen-bond acceptors (Lipinski definition) is 4. The monoisotopic (exact) mass is 406 g/mol. The van der Waals surface area contributed by atoms with Gasteiger partial charge in [-0.25, -0.2) is 0 Å². The lowest BCUT2D eigenvalue weighted by molar-refractivity contribution is 0.457. The van der Waals surface area contributed by atoms with Gasteiger partial charge in [0.05, 0.1) is 11.4 Å². The fraction of sp³-hybridized carbons (Fsp3) is 0.115. The van der Waals surface area contributed by atoms with Crippen molar-refractivity contribution in [3.8, 4) is 5.88 Å². The molecule has 2 N–H and O–H groups in total. The quantitative estimate of drug-likeness (QED) is 0.492. The van der Waals surface area contributed by atoms with Crippen LogP contribution in [0.5, 0.6) is 5.88 Å². The summed E-state index contributed by atoms with van der Waals surface area (Å²) in [5.74, 6) is 0.592. The van der Waals surface area contributed by atoms with Crippen LogP contribution in [0, 0.1) is 0 Å². The molecule has 1 aliphatic heterocycles. The second kappa shape index (κ2) is 7.69. The second-order valence-corrected chi connectivity index (χ2v) is 7.97. The molecule has 4 aromatic rings. The molecule has 0 saturated carbocycles. The van der Waals surface area contributed by atoms with Gasteiger partial charge in [0, 0.05) is 34.1 Å². The van der Waals surface area contributed by atoms with Crippen LogP contribution in [0.4, 0.5) is 5.69 Å². The van der Waals surface area contributed by atoms with E-state index in [2.05, 4.69) is 46.2 Å². The molecule has 0 amide bonds. The zero-order valence-corrected chi connectivity index (χ0v) is 17.4. The molecule has 3 heterocycles. The number of H-pyrrole nitrogens is 1. The van der Waals surface area contributed by atoms with Gasteiger partial charge < -0.3 is 10.1 Å². The van der Waals surface area contributed by atoms with Crippen molar-refractivity contribution in [1.82, 2.24) is 9.97 Å². The van der Waals surface area contributed by atoms with Gasteiger partial charge in [0.1, 0.15) is 0 Å². The van der Waals surface area contributed by atoms with E-state index in [1.165, 1.54) is 5.56 Å². The van der Waals surface area contributed by atoms with Crippen molar-refractivity contribution in [3.63, 3.8) is 0 Å². The highest BCUT2D eigenvalue weighted by molar-refractivity contribution is 5.92. The lowest BCUT2D eigenvalue weighted by Gasteiger charge is -2.05. The molecule has 31 heavy (non-hydrogen) atoms. The summed E-state index contributed by atoms with van der Waals surface area (Å²) in [4.78, 5) is 7.10. The number of rotatable bonds is 4. The Labute approximate surface area is 179 Å². The van der Waals surface area contributed by atoms with Crippen molar-refractivity contribution in [3.05, 3.63) is 94.1 Å². The predicted molar refractivity (Wildman–Crippen MR) is 125 cm³/mol. The molecule has 0 saturated heterocycles. The average Bonchev–Trinajstić information content (AvgIpc) is 3.32. The average molecular weight is 406 g/mol. The van der Waals surface area contributed by atoms with E-state index in [1.54, 1.807) is 12.4 Å². The first-order chi connectivity index (χ1) is 15.1. The van der Waals surface area contributed by atoms with Gasteiger partial charge in [-0.3, -0.25) is 4.98 Å². The summed E-state index contributed by atoms with van der Waals surface area (Å²) >= 11 is 0. The number of azo groups is 1. The number of aromatic nitrogens is 2. The number of fused-ring (bicyclic) bond motifs is 2. The zero-order chi connectivity index (χ0) is 21.4. The van der Waals surface area contributed by atoms with Gasteiger partial charge in [-0.15, -0.1) is 10.2 Å². The minimum Gasteiger partial charge on any atom is -0.494 e. The molecular weight excluding hydrogens is 384 g/mol. The molecule has 0 atom stereocenters. The Hall–Kier alpha value is -3.99. The maximum Gasteiger partial charge on any atom is 0.196 e. The summed E-state index contributed by atoms with van der Waals surface area (Å²) in [6.45, 7) is 4.33. The van der Waals surface area contributed by atoms with E-state index in [4.69, 9.17) is 0 Å². The summed E-state index contributed by atoms with van der Waals surface area (Å²) in [6.07, 6.45) is 9.48. The minimum atomic E-state index is 0.172. The molecule has 0 unspecified atom stereocenters. The Morgan fingerprint density at radius 2 is 1.77 bits per heavy atom. The van der Waals surface area contributed by atoms with E-state index in [1.807, 2.05) is 54.6 Å². The largest absolute Gasteiger partial charge is 0.494 e. The van der Waals surface area contributed by atoms with Gasteiger partial charge in [0.15, 0.2) is 5.88 Å². The van der Waals surface area contributed by atoms with Crippen LogP contribution < -0.4 is 10.4 Å². The SMILES string of the molecule is CC(C)c1ccc2[nH]c(O)c(C=c3ccc4c(c3)N=NC=4C=Cc3ccncc3)c2c1. The number of aromatic hydroxyl groups is 1. The Bertz CT molecular complexity index is 1460. The van der Waals surface area contributed by atoms with Crippen LogP contribution >= 0.6 is 0 Å². The molecule has 2 aromatic carbocycles. The van der Waals surface area contributed by atoms with Crippen LogP contribution in [0.25, 0.3) is 28.8 Å². The third kappa shape index (κ3) is 3.66. The van der Waals surface area contributed by atoms with E-state index in [-0.39, 0.29) is 5.88 Å². The molecule has 0 aliphatic carbocycles. The van der Waals surface area contributed by atoms with Gasteiger partial charge in [-0.2, -0.15) is 0 Å². The molecule has 1 aliphatic rings. The predicted octanol–water partition coefficient (Wildman–Crippen LogP) is 5.14. The van der Waals surface area contributed by atoms with E-state index in [0.717, 1.165) is 43.9 Å². The fourth-order valence-electron chi connectivity index (χ4n) is 3.76. The van der Waals surface area contributed by atoms with Crippen molar-refractivity contribution in [2.45, 2.75) is 19.8 Å². The van der Waals surface area contributed by atoms with Crippen molar-refractivity contribution in [1.29, 1.82) is 0 Å². The lowest BCUT2D eigenvalue weighted by atomic mass is 10.00. The highest BCUT2D eigenvalue weighted by atomic mass is 16.3. The van der Waals surface area contributed by atoms with Gasteiger partial charge >= 0.3 is 0 Å². The van der Waals surface area contributed by atoms with E-state index in [9.17, 15) is 5.11 Å². The number of nitrogens with zero attached hydrogens (tertiary/aromatic N) is 3. The standard InChI is InChI=1S/C26H22N4O/c1-16(2)19-5-8-23-21(15-19)22(26(31)28-23)13-18-3-6-20-24(29-30-25(20)14-18)7-4-17-9-11-27-12-10-17/h3-16,28,31H,1-2H3. The van der Waals surface area contributed by atoms with Crippen LogP contribution in [0.3, 0.4) is 0 Å². The Balaban J connectivity index is 1.56. The number of aromatic amines is 1. The van der Waals surface area contributed by atoms with Gasteiger partial charge in [-0.1, -0.05) is 32.1 Å². The van der Waals surface area contributed by atoms with Crippen molar-refractivity contribution in [2.75, 3.05) is 0 Å². The van der Waals surface area contributed by atoms with Crippen molar-refractivity contribution >= 4 is 34.4 Å². The second-order valence-electron chi connectivity index (χ2n) is 7.97. The van der Waals surface area contributed by atoms with Crippen LogP contribution in [0.1, 0.15) is 36.5 Å². The smallest absolute Gasteiger partial charge is 0.196 e. The summed E-state index contributed by atoms with van der Waals surface area (Å²) in [5.41, 5.74) is 5.66. The van der Waals surface area contributed by atoms with Crippen LogP contribution in [0.2, 0.25) is 0 Å². The molecule has 5 heteroatoms. The molecular formula is C26H22N4O. The van der Waals surface area contributed by atoms with Crippen molar-refractivity contribution < 1.29 is 5.11 Å². The van der Waals surface area contributed by atoms with E-state index >= 15 is 0 Å². The van der Waals surface area contributed by atoms with Gasteiger partial charge in [0.2, 0.25) is 0 Å². The van der Waals surface area contributed by atoms with Crippen LogP contribution in [-0.4, -0.2) is 15.1 Å². The molecule has 2 aromatic heterocycles. The molecule has 0 fully saturated rings. The van der Waals surface area contributed by atoms with Gasteiger partial charge in [0.25, 0.3) is 0 Å². The summed E-state index contributed by atoms with van der Waals surface area (Å²) in [5, 5.41) is 22.1. The molecule has 5 rings (SSSR count). The third-order valence-corrected chi connectivity index (χ3v) is 5.52. The fourth-order valence-corrected chi connectivity index (χ4v) is 3.76. The molecule has 5 nitrogen and oxygen atoms in total. The number of nitrogens with one attached hydrogen (secondary N) is 1. The first-order valence-corrected chi connectivity index (χ1v) is 10.3. The maximum absolute atomic E-state index is 10.5. The number of benzene rings is 2. The van der Waals surface area contributed by atoms with E-state index < -0.39 is 0 Å². The minimum absolute atomic E-state index is 0.172. The van der Waals surface area contributed by atoms with E-state index in [0.29, 0.717) is 5.92 Å². The Morgan fingerprint density at radius 3 is 2.58 bits per heavy atom. The first-order valence-electron chi connectivity index (χ1n) is 10.3. The molecule has 152 valence electrons. The first kappa shape index (κ1) is 19.0. The topological polar surface area (TPSA) is 73.6 Å². The zero-order valence-electron chi connectivity index (χ0n) is 17.4. The summed E-state index contributed by atoms with van der Waals surface area (Å²) < 4.78 is 0. The highest BCUT2D eigenvalue weighted by Gasteiger charge is 2.11. The molecule has 0 bridgehead atoms. The van der Waals surface area contributed by atoms with Gasteiger partial charge in [-0.05, 0) is 70.8 Å². The third-order valence-electron chi connectivity index (χ3n) is 5.52.